The molecule has 0 N–H and O–H groups in total. The van der Waals surface area contributed by atoms with Crippen molar-refractivity contribution in [2.24, 2.45) is 11.8 Å². The molecule has 98 valence electrons. The van der Waals surface area contributed by atoms with E-state index < -0.39 is 0 Å². The third-order valence-corrected chi connectivity index (χ3v) is 4.03. The topological polar surface area (TPSA) is 33.2 Å². The molecule has 1 aromatic heterocycles. The Morgan fingerprint density at radius 2 is 2.11 bits per heavy atom. The van der Waals surface area contributed by atoms with E-state index in [1.807, 2.05) is 17.0 Å². The fourth-order valence-corrected chi connectivity index (χ4v) is 2.93. The summed E-state index contributed by atoms with van der Waals surface area (Å²) in [5.41, 5.74) is 1.17. The van der Waals surface area contributed by atoms with E-state index in [2.05, 4.69) is 31.5 Å². The summed E-state index contributed by atoms with van der Waals surface area (Å²) in [5, 5.41) is 0. The van der Waals surface area contributed by atoms with Gasteiger partial charge in [-0.2, -0.15) is 12.6 Å². The number of rotatable bonds is 4. The number of pyridine rings is 1. The molecule has 1 saturated heterocycles. The minimum atomic E-state index is 0.158. The van der Waals surface area contributed by atoms with Gasteiger partial charge in [0.2, 0.25) is 5.91 Å². The molecule has 1 amide bonds. The van der Waals surface area contributed by atoms with Crippen molar-refractivity contribution < 1.29 is 4.79 Å². The van der Waals surface area contributed by atoms with Gasteiger partial charge in [-0.3, -0.25) is 9.78 Å². The second kappa shape index (κ2) is 5.74. The van der Waals surface area contributed by atoms with Gasteiger partial charge in [0.05, 0.1) is 6.04 Å². The first-order valence-corrected chi connectivity index (χ1v) is 7.07. The summed E-state index contributed by atoms with van der Waals surface area (Å²) >= 11 is 4.32. The molecule has 2 rings (SSSR count). The molecule has 0 radical (unpaired) electrons. The highest BCUT2D eigenvalue weighted by atomic mass is 32.1. The van der Waals surface area contributed by atoms with Crippen LogP contribution in [0.1, 0.15) is 31.9 Å². The number of hydrogen-bond donors (Lipinski definition) is 1. The van der Waals surface area contributed by atoms with Gasteiger partial charge in [0.1, 0.15) is 0 Å². The van der Waals surface area contributed by atoms with E-state index in [0.717, 1.165) is 12.3 Å². The van der Waals surface area contributed by atoms with Crippen molar-refractivity contribution in [1.82, 2.24) is 9.88 Å². The quantitative estimate of drug-likeness (QED) is 0.848. The van der Waals surface area contributed by atoms with Crippen LogP contribution in [-0.4, -0.2) is 28.1 Å². The molecule has 2 atom stereocenters. The second-order valence-corrected chi connectivity index (χ2v) is 5.63. The van der Waals surface area contributed by atoms with Crippen LogP contribution in [0.4, 0.5) is 0 Å². The first-order chi connectivity index (χ1) is 8.63. The number of nitrogens with zero attached hydrogens (tertiary/aromatic N) is 2. The molecule has 1 aliphatic heterocycles. The van der Waals surface area contributed by atoms with Crippen LogP contribution < -0.4 is 0 Å². The molecule has 18 heavy (non-hydrogen) atoms. The lowest BCUT2D eigenvalue weighted by molar-refractivity contribution is -0.130. The zero-order chi connectivity index (χ0) is 13.1. The van der Waals surface area contributed by atoms with Crippen LogP contribution in [0.5, 0.6) is 0 Å². The molecule has 0 spiro atoms. The summed E-state index contributed by atoms with van der Waals surface area (Å²) in [6, 6.07) is 4.17. The van der Waals surface area contributed by atoms with E-state index in [0.29, 0.717) is 18.3 Å². The Kier molecular flexibility index (Phi) is 4.27. The molecule has 0 aromatic carbocycles. The molecule has 2 heterocycles. The van der Waals surface area contributed by atoms with Crippen LogP contribution in [0.25, 0.3) is 0 Å². The summed E-state index contributed by atoms with van der Waals surface area (Å²) in [5.74, 6) is 1.83. The van der Waals surface area contributed by atoms with Gasteiger partial charge in [0.15, 0.2) is 0 Å². The summed E-state index contributed by atoms with van der Waals surface area (Å²) in [7, 11) is 0. The third kappa shape index (κ3) is 2.69. The molecule has 3 nitrogen and oxygen atoms in total. The molecule has 2 unspecified atom stereocenters. The first kappa shape index (κ1) is 13.4. The van der Waals surface area contributed by atoms with E-state index in [1.165, 1.54) is 5.56 Å². The van der Waals surface area contributed by atoms with Gasteiger partial charge in [-0.1, -0.05) is 13.8 Å². The summed E-state index contributed by atoms with van der Waals surface area (Å²) in [6.07, 6.45) is 4.22. The average molecular weight is 264 g/mol. The molecule has 0 aliphatic carbocycles. The lowest BCUT2D eigenvalue weighted by Crippen LogP contribution is -2.33. The largest absolute Gasteiger partial charge is 0.335 e. The van der Waals surface area contributed by atoms with Gasteiger partial charge in [-0.05, 0) is 35.3 Å². The van der Waals surface area contributed by atoms with E-state index in [9.17, 15) is 4.79 Å². The Balaban J connectivity index is 2.24. The average Bonchev–Trinajstić information content (AvgIpc) is 2.72. The maximum Gasteiger partial charge on any atom is 0.223 e. The predicted molar refractivity (Wildman–Crippen MR) is 75.5 cm³/mol. The summed E-state index contributed by atoms with van der Waals surface area (Å²) < 4.78 is 0. The van der Waals surface area contributed by atoms with Crippen molar-refractivity contribution in [2.45, 2.75) is 26.3 Å². The van der Waals surface area contributed by atoms with Crippen LogP contribution in [0.3, 0.4) is 0 Å². The van der Waals surface area contributed by atoms with Gasteiger partial charge in [0, 0.05) is 25.4 Å². The van der Waals surface area contributed by atoms with Crippen LogP contribution in [0, 0.1) is 11.8 Å². The number of amides is 1. The molecular formula is C14H20N2OS. The maximum atomic E-state index is 12.1. The van der Waals surface area contributed by atoms with Gasteiger partial charge < -0.3 is 4.90 Å². The van der Waals surface area contributed by atoms with Crippen molar-refractivity contribution in [1.29, 1.82) is 0 Å². The standard InChI is InChI=1S/C14H20N2OS/c1-10(2)14(12-3-5-15-6-4-12)16-8-11(9-18)7-13(16)17/h3-6,10-11,14,18H,7-9H2,1-2H3. The van der Waals surface area contributed by atoms with Crippen molar-refractivity contribution in [3.05, 3.63) is 30.1 Å². The number of hydrogen-bond acceptors (Lipinski definition) is 3. The molecule has 4 heteroatoms. The number of aromatic nitrogens is 1. The molecule has 0 saturated carbocycles. The van der Waals surface area contributed by atoms with Crippen LogP contribution >= 0.6 is 12.6 Å². The smallest absolute Gasteiger partial charge is 0.223 e. The molecular weight excluding hydrogens is 244 g/mol. The van der Waals surface area contributed by atoms with Gasteiger partial charge in [-0.25, -0.2) is 0 Å². The minimum Gasteiger partial charge on any atom is -0.335 e. The highest BCUT2D eigenvalue weighted by Gasteiger charge is 2.35. The van der Waals surface area contributed by atoms with Crippen molar-refractivity contribution >= 4 is 18.5 Å². The second-order valence-electron chi connectivity index (χ2n) is 5.27. The molecule has 1 fully saturated rings. The van der Waals surface area contributed by atoms with E-state index in [-0.39, 0.29) is 11.9 Å². The molecule has 1 aromatic rings. The number of carbonyl (C=O) groups is 1. The Labute approximate surface area is 114 Å². The maximum absolute atomic E-state index is 12.1. The Morgan fingerprint density at radius 3 is 2.61 bits per heavy atom. The number of thiol groups is 1. The third-order valence-electron chi connectivity index (χ3n) is 3.51. The predicted octanol–water partition coefficient (Wildman–Crippen LogP) is 2.56. The van der Waals surface area contributed by atoms with Gasteiger partial charge in [0.25, 0.3) is 0 Å². The zero-order valence-corrected chi connectivity index (χ0v) is 11.8. The Hall–Kier alpha value is -1.03. The molecule has 0 bridgehead atoms. The van der Waals surface area contributed by atoms with Gasteiger partial charge >= 0.3 is 0 Å². The minimum absolute atomic E-state index is 0.158. The van der Waals surface area contributed by atoms with Crippen molar-refractivity contribution in [3.8, 4) is 0 Å². The lowest BCUT2D eigenvalue weighted by Gasteiger charge is -2.31. The molecule has 1 aliphatic rings. The Bertz CT molecular complexity index is 408. The Morgan fingerprint density at radius 1 is 1.44 bits per heavy atom. The van der Waals surface area contributed by atoms with Crippen molar-refractivity contribution in [2.75, 3.05) is 12.3 Å². The normalized spacial score (nSPS) is 21.7. The van der Waals surface area contributed by atoms with Crippen LogP contribution in [0.2, 0.25) is 0 Å². The van der Waals surface area contributed by atoms with E-state index >= 15 is 0 Å². The number of carbonyl (C=O) groups excluding carboxylic acids is 1. The SMILES string of the molecule is CC(C)C(c1ccncc1)N1CC(CS)CC1=O. The van der Waals surface area contributed by atoms with Crippen molar-refractivity contribution in [3.63, 3.8) is 0 Å². The monoisotopic (exact) mass is 264 g/mol. The summed E-state index contributed by atoms with van der Waals surface area (Å²) in [6.45, 7) is 5.15. The van der Waals surface area contributed by atoms with Gasteiger partial charge in [-0.15, -0.1) is 0 Å². The highest BCUT2D eigenvalue weighted by Crippen LogP contribution is 2.33. The van der Waals surface area contributed by atoms with E-state index in [1.54, 1.807) is 12.4 Å². The highest BCUT2D eigenvalue weighted by molar-refractivity contribution is 7.80. The fourth-order valence-electron chi connectivity index (χ4n) is 2.69. The van der Waals surface area contributed by atoms with Crippen LogP contribution in [0.15, 0.2) is 24.5 Å². The van der Waals surface area contributed by atoms with E-state index in [4.69, 9.17) is 0 Å². The summed E-state index contributed by atoms with van der Waals surface area (Å²) in [4.78, 5) is 18.2. The number of likely N-dealkylation sites (tertiary alicyclic amines) is 1. The first-order valence-electron chi connectivity index (χ1n) is 6.43. The fraction of sp³-hybridized carbons (Fsp3) is 0.571. The van der Waals surface area contributed by atoms with Crippen LogP contribution in [-0.2, 0) is 4.79 Å². The lowest BCUT2D eigenvalue weighted by atomic mass is 9.95. The zero-order valence-electron chi connectivity index (χ0n) is 10.9.